The molecule has 2 nitrogen and oxygen atoms in total. The largest absolute Gasteiger partial charge is 0.326 e. The fourth-order valence-electron chi connectivity index (χ4n) is 3.68. The Kier molecular flexibility index (Phi) is 2.89. The fraction of sp³-hybridized carbons (Fsp3) is 0.562. The molecule has 2 aliphatic carbocycles. The molecule has 96 valence electrons. The van der Waals surface area contributed by atoms with E-state index in [1.54, 1.807) is 0 Å². The van der Waals surface area contributed by atoms with Gasteiger partial charge in [-0.1, -0.05) is 18.6 Å². The van der Waals surface area contributed by atoms with E-state index in [-0.39, 0.29) is 11.8 Å². The predicted molar refractivity (Wildman–Crippen MR) is 73.5 cm³/mol. The number of amides is 1. The van der Waals surface area contributed by atoms with E-state index in [2.05, 4.69) is 25.2 Å². The quantitative estimate of drug-likeness (QED) is 0.843. The van der Waals surface area contributed by atoms with Crippen molar-refractivity contribution in [1.82, 2.24) is 0 Å². The Morgan fingerprint density at radius 3 is 2.72 bits per heavy atom. The second kappa shape index (κ2) is 4.42. The molecule has 0 aromatic heterocycles. The van der Waals surface area contributed by atoms with Gasteiger partial charge >= 0.3 is 0 Å². The van der Waals surface area contributed by atoms with Gasteiger partial charge in [0.2, 0.25) is 5.91 Å². The van der Waals surface area contributed by atoms with Gasteiger partial charge in [0.25, 0.3) is 0 Å². The molecule has 1 aromatic carbocycles. The summed E-state index contributed by atoms with van der Waals surface area (Å²) < 4.78 is 0. The molecule has 2 aliphatic rings. The molecule has 1 N–H and O–H groups in total. The number of carbonyl (C=O) groups is 1. The standard InChI is InChI=1S/C16H21NO/c1-10-4-3-5-15(11(10)2)17-16(18)14-9-12-6-7-13(14)8-12/h3-5,12-14H,6-9H2,1-2H3,(H,17,18)/t12-,13-,14-/m0/s1. The molecule has 0 unspecified atom stereocenters. The van der Waals surface area contributed by atoms with Gasteiger partial charge in [0.15, 0.2) is 0 Å². The number of carbonyl (C=O) groups excluding carboxylic acids is 1. The third-order valence-electron chi connectivity index (χ3n) is 4.94. The summed E-state index contributed by atoms with van der Waals surface area (Å²) in [7, 11) is 0. The van der Waals surface area contributed by atoms with Crippen LogP contribution in [-0.2, 0) is 4.79 Å². The number of fused-ring (bicyclic) bond motifs is 2. The highest BCUT2D eigenvalue weighted by molar-refractivity contribution is 5.93. The number of hydrogen-bond acceptors (Lipinski definition) is 1. The van der Waals surface area contributed by atoms with Crippen LogP contribution >= 0.6 is 0 Å². The topological polar surface area (TPSA) is 29.1 Å². The van der Waals surface area contributed by atoms with Crippen LogP contribution in [0.2, 0.25) is 0 Å². The maximum Gasteiger partial charge on any atom is 0.227 e. The molecule has 3 rings (SSSR count). The Hall–Kier alpha value is -1.31. The zero-order chi connectivity index (χ0) is 12.7. The van der Waals surface area contributed by atoms with Crippen molar-refractivity contribution in [2.75, 3.05) is 5.32 Å². The van der Waals surface area contributed by atoms with Crippen LogP contribution in [-0.4, -0.2) is 5.91 Å². The first kappa shape index (κ1) is 11.8. The van der Waals surface area contributed by atoms with Crippen LogP contribution in [0.25, 0.3) is 0 Å². The summed E-state index contributed by atoms with van der Waals surface area (Å²) in [6, 6.07) is 6.11. The number of hydrogen-bond donors (Lipinski definition) is 1. The van der Waals surface area contributed by atoms with E-state index in [4.69, 9.17) is 0 Å². The Bertz CT molecular complexity index is 480. The molecule has 2 bridgehead atoms. The van der Waals surface area contributed by atoms with Gasteiger partial charge in [-0.2, -0.15) is 0 Å². The highest BCUT2D eigenvalue weighted by atomic mass is 16.1. The van der Waals surface area contributed by atoms with E-state index in [1.165, 1.54) is 30.4 Å². The Labute approximate surface area is 109 Å². The van der Waals surface area contributed by atoms with Crippen LogP contribution in [0.3, 0.4) is 0 Å². The first-order valence-corrected chi connectivity index (χ1v) is 7.02. The van der Waals surface area contributed by atoms with Gasteiger partial charge in [-0.05, 0) is 62.1 Å². The number of aryl methyl sites for hydroxylation is 1. The number of nitrogens with one attached hydrogen (secondary N) is 1. The average molecular weight is 243 g/mol. The summed E-state index contributed by atoms with van der Waals surface area (Å²) in [5.41, 5.74) is 3.41. The van der Waals surface area contributed by atoms with Gasteiger partial charge in [-0.15, -0.1) is 0 Å². The van der Waals surface area contributed by atoms with Crippen LogP contribution < -0.4 is 5.32 Å². The fourth-order valence-corrected chi connectivity index (χ4v) is 3.68. The summed E-state index contributed by atoms with van der Waals surface area (Å²) in [6.07, 6.45) is 5.00. The lowest BCUT2D eigenvalue weighted by Gasteiger charge is -2.21. The van der Waals surface area contributed by atoms with E-state index < -0.39 is 0 Å². The van der Waals surface area contributed by atoms with Crippen molar-refractivity contribution in [3.63, 3.8) is 0 Å². The molecular weight excluding hydrogens is 222 g/mol. The molecule has 2 fully saturated rings. The van der Waals surface area contributed by atoms with Crippen LogP contribution in [0, 0.1) is 31.6 Å². The van der Waals surface area contributed by atoms with Crippen molar-refractivity contribution in [1.29, 1.82) is 0 Å². The summed E-state index contributed by atoms with van der Waals surface area (Å²) in [5.74, 6) is 1.99. The molecule has 0 aliphatic heterocycles. The molecule has 0 spiro atoms. The first-order chi connectivity index (χ1) is 8.65. The summed E-state index contributed by atoms with van der Waals surface area (Å²) in [6.45, 7) is 4.16. The average Bonchev–Trinajstić information content (AvgIpc) is 2.97. The van der Waals surface area contributed by atoms with Crippen molar-refractivity contribution in [2.45, 2.75) is 39.5 Å². The Balaban J connectivity index is 1.73. The maximum absolute atomic E-state index is 12.4. The van der Waals surface area contributed by atoms with Gasteiger partial charge in [-0.3, -0.25) is 4.79 Å². The lowest BCUT2D eigenvalue weighted by molar-refractivity contribution is -0.121. The number of rotatable bonds is 2. The highest BCUT2D eigenvalue weighted by Crippen LogP contribution is 2.48. The molecule has 1 aromatic rings. The molecule has 0 heterocycles. The van der Waals surface area contributed by atoms with E-state index in [1.807, 2.05) is 12.1 Å². The lowest BCUT2D eigenvalue weighted by atomic mass is 9.88. The van der Waals surface area contributed by atoms with Crippen LogP contribution in [0.1, 0.15) is 36.8 Å². The van der Waals surface area contributed by atoms with E-state index in [0.717, 1.165) is 18.0 Å². The first-order valence-electron chi connectivity index (χ1n) is 7.02. The van der Waals surface area contributed by atoms with E-state index in [0.29, 0.717) is 5.92 Å². The van der Waals surface area contributed by atoms with E-state index >= 15 is 0 Å². The maximum atomic E-state index is 12.4. The third-order valence-corrected chi connectivity index (χ3v) is 4.94. The van der Waals surface area contributed by atoms with Crippen molar-refractivity contribution < 1.29 is 4.79 Å². The summed E-state index contributed by atoms with van der Waals surface area (Å²) in [5, 5.41) is 3.14. The molecule has 0 radical (unpaired) electrons. The van der Waals surface area contributed by atoms with Gasteiger partial charge in [0.05, 0.1) is 0 Å². The van der Waals surface area contributed by atoms with Gasteiger partial charge in [0.1, 0.15) is 0 Å². The lowest BCUT2D eigenvalue weighted by Crippen LogP contribution is -2.27. The SMILES string of the molecule is Cc1cccc(NC(=O)[C@H]2C[C@H]3CC[C@H]2C3)c1C. The van der Waals surface area contributed by atoms with Crippen LogP contribution in [0.5, 0.6) is 0 Å². The van der Waals surface area contributed by atoms with Crippen LogP contribution in [0.4, 0.5) is 5.69 Å². The van der Waals surface area contributed by atoms with Gasteiger partial charge in [0, 0.05) is 11.6 Å². The van der Waals surface area contributed by atoms with Gasteiger partial charge in [-0.25, -0.2) is 0 Å². The minimum atomic E-state index is 0.246. The highest BCUT2D eigenvalue weighted by Gasteiger charge is 2.43. The third kappa shape index (κ3) is 1.94. The Morgan fingerprint density at radius 1 is 1.22 bits per heavy atom. The second-order valence-corrected chi connectivity index (χ2v) is 6.02. The van der Waals surface area contributed by atoms with Crippen molar-refractivity contribution in [3.8, 4) is 0 Å². The summed E-state index contributed by atoms with van der Waals surface area (Å²) >= 11 is 0. The normalized spacial score (nSPS) is 29.6. The van der Waals surface area contributed by atoms with E-state index in [9.17, 15) is 4.79 Å². The molecule has 1 amide bonds. The number of anilines is 1. The zero-order valence-electron chi connectivity index (χ0n) is 11.2. The molecule has 0 saturated heterocycles. The van der Waals surface area contributed by atoms with Gasteiger partial charge < -0.3 is 5.32 Å². The molecule has 2 heteroatoms. The number of benzene rings is 1. The molecule has 3 atom stereocenters. The predicted octanol–water partition coefficient (Wildman–Crippen LogP) is 3.68. The minimum absolute atomic E-state index is 0.246. The van der Waals surface area contributed by atoms with Crippen molar-refractivity contribution >= 4 is 11.6 Å². The molecular formula is C16H21NO. The zero-order valence-corrected chi connectivity index (χ0v) is 11.2. The summed E-state index contributed by atoms with van der Waals surface area (Å²) in [4.78, 5) is 12.4. The van der Waals surface area contributed by atoms with Crippen LogP contribution in [0.15, 0.2) is 18.2 Å². The monoisotopic (exact) mass is 243 g/mol. The van der Waals surface area contributed by atoms with Crippen molar-refractivity contribution in [2.24, 2.45) is 17.8 Å². The smallest absolute Gasteiger partial charge is 0.227 e. The second-order valence-electron chi connectivity index (χ2n) is 6.02. The Morgan fingerprint density at radius 2 is 2.06 bits per heavy atom. The molecule has 18 heavy (non-hydrogen) atoms. The molecule has 2 saturated carbocycles. The van der Waals surface area contributed by atoms with Crippen molar-refractivity contribution in [3.05, 3.63) is 29.3 Å². The minimum Gasteiger partial charge on any atom is -0.326 e.